The maximum Gasteiger partial charge on any atom is 0.335 e. The molecular formula is C31H26N8O7. The van der Waals surface area contributed by atoms with E-state index in [1.165, 1.54) is 12.1 Å². The molecule has 0 spiro atoms. The molecule has 0 radical (unpaired) electrons. The van der Waals surface area contributed by atoms with Crippen LogP contribution in [0.3, 0.4) is 0 Å². The van der Waals surface area contributed by atoms with E-state index in [0.29, 0.717) is 29.7 Å². The number of nitrogens with one attached hydrogen (secondary N) is 3. The fraction of sp³-hybridized carbons (Fsp3) is 0.161. The normalized spacial score (nSPS) is 13.8. The topological polar surface area (TPSA) is 241 Å². The number of carbonyl (C=O) groups excluding carboxylic acids is 3. The van der Waals surface area contributed by atoms with E-state index in [1.54, 1.807) is 37.3 Å². The maximum atomic E-state index is 13.6. The third kappa shape index (κ3) is 5.08. The molecule has 3 aromatic carbocycles. The first-order valence-corrected chi connectivity index (χ1v) is 14.0. The molecule has 3 amide bonds. The van der Waals surface area contributed by atoms with E-state index in [-0.39, 0.29) is 46.1 Å². The standard InChI is InChI=1S/C31H26N8O7/c1-13-16-7-8-20(18(16)6-5-17(13)31(45)46)38-30(44)22-10-21(37-28-19(27(33)42)12-35-39(22)28)29(43)34-11-14-3-2-4-15(9-14)36-24-23(32)25(40)26(24)41/h2-6,9-10,12,20,36H,7-8,11,32H2,1H3,(H2,33,42)(H,34,43)(H,38,44)(H,45,46)/t20-/m0/s1. The molecule has 232 valence electrons. The molecule has 5 aromatic rings. The highest BCUT2D eigenvalue weighted by atomic mass is 16.4. The number of nitrogen functional groups attached to an aromatic ring is 1. The lowest BCUT2D eigenvalue weighted by atomic mass is 9.98. The number of carboxylic acid groups (broad SMARTS) is 1. The van der Waals surface area contributed by atoms with Gasteiger partial charge in [0.2, 0.25) is 0 Å². The Morgan fingerprint density at radius 1 is 1.04 bits per heavy atom. The second-order valence-corrected chi connectivity index (χ2v) is 10.8. The van der Waals surface area contributed by atoms with E-state index in [4.69, 9.17) is 11.5 Å². The van der Waals surface area contributed by atoms with Gasteiger partial charge in [0.15, 0.2) is 5.65 Å². The molecule has 8 N–H and O–H groups in total. The Balaban J connectivity index is 1.25. The van der Waals surface area contributed by atoms with Gasteiger partial charge in [-0.05, 0) is 60.2 Å². The monoisotopic (exact) mass is 622 g/mol. The lowest BCUT2D eigenvalue weighted by Gasteiger charge is -2.16. The van der Waals surface area contributed by atoms with Gasteiger partial charge in [0.1, 0.15) is 28.3 Å². The van der Waals surface area contributed by atoms with E-state index in [1.807, 2.05) is 0 Å². The van der Waals surface area contributed by atoms with Crippen LogP contribution in [0.5, 0.6) is 0 Å². The third-order valence-electron chi connectivity index (χ3n) is 8.03. The van der Waals surface area contributed by atoms with Crippen LogP contribution in [0.25, 0.3) is 5.65 Å². The van der Waals surface area contributed by atoms with E-state index in [2.05, 4.69) is 26.0 Å². The van der Waals surface area contributed by atoms with Gasteiger partial charge in [0, 0.05) is 18.3 Å². The van der Waals surface area contributed by atoms with Crippen molar-refractivity contribution < 1.29 is 24.3 Å². The van der Waals surface area contributed by atoms with E-state index < -0.39 is 40.6 Å². The largest absolute Gasteiger partial charge is 0.478 e. The van der Waals surface area contributed by atoms with Crippen molar-refractivity contribution in [2.45, 2.75) is 32.4 Å². The number of nitrogens with two attached hydrogens (primary N) is 2. The predicted molar refractivity (Wildman–Crippen MR) is 165 cm³/mol. The number of carbonyl (C=O) groups is 4. The van der Waals surface area contributed by atoms with Crippen LogP contribution in [0.2, 0.25) is 0 Å². The minimum absolute atomic E-state index is 0.00166. The van der Waals surface area contributed by atoms with Crippen LogP contribution in [-0.4, -0.2) is 43.4 Å². The van der Waals surface area contributed by atoms with Gasteiger partial charge in [-0.25, -0.2) is 14.3 Å². The number of anilines is 3. The minimum Gasteiger partial charge on any atom is -0.478 e. The number of rotatable bonds is 9. The zero-order valence-corrected chi connectivity index (χ0v) is 24.2. The molecule has 15 nitrogen and oxygen atoms in total. The Morgan fingerprint density at radius 3 is 2.54 bits per heavy atom. The van der Waals surface area contributed by atoms with Crippen LogP contribution < -0.4 is 38.3 Å². The van der Waals surface area contributed by atoms with Gasteiger partial charge in [-0.3, -0.25) is 24.0 Å². The Hall–Kier alpha value is -6.38. The SMILES string of the molecule is Cc1c(C(=O)O)ccc2c1CC[C@@H]2NC(=O)c1cc(C(=O)NCc2cccc(Nc3c(N)c(=O)c3=O)c2)nc2c(C(N)=O)cnn12. The fourth-order valence-electron chi connectivity index (χ4n) is 5.62. The third-order valence-corrected chi connectivity index (χ3v) is 8.03. The van der Waals surface area contributed by atoms with E-state index in [0.717, 1.165) is 21.8 Å². The Kier molecular flexibility index (Phi) is 7.28. The van der Waals surface area contributed by atoms with Gasteiger partial charge in [0.05, 0.1) is 17.8 Å². The summed E-state index contributed by atoms with van der Waals surface area (Å²) >= 11 is 0. The van der Waals surface area contributed by atoms with E-state index >= 15 is 0 Å². The van der Waals surface area contributed by atoms with Crippen LogP contribution in [0, 0.1) is 6.92 Å². The second kappa shape index (κ2) is 11.3. The van der Waals surface area contributed by atoms with E-state index in [9.17, 15) is 33.9 Å². The smallest absolute Gasteiger partial charge is 0.335 e. The quantitative estimate of drug-likeness (QED) is 0.127. The summed E-state index contributed by atoms with van der Waals surface area (Å²) in [6.45, 7) is 1.75. The lowest BCUT2D eigenvalue weighted by Crippen LogP contribution is -2.36. The van der Waals surface area contributed by atoms with Crippen molar-refractivity contribution in [1.29, 1.82) is 0 Å². The fourth-order valence-corrected chi connectivity index (χ4v) is 5.62. The first-order valence-electron chi connectivity index (χ1n) is 14.0. The summed E-state index contributed by atoms with van der Waals surface area (Å²) in [5.74, 6) is -3.15. The summed E-state index contributed by atoms with van der Waals surface area (Å²) in [7, 11) is 0. The highest BCUT2D eigenvalue weighted by Crippen LogP contribution is 2.35. The second-order valence-electron chi connectivity index (χ2n) is 10.8. The molecule has 1 atom stereocenters. The molecule has 2 heterocycles. The predicted octanol–water partition coefficient (Wildman–Crippen LogP) is 1.10. The molecule has 0 saturated heterocycles. The molecule has 15 heteroatoms. The number of hydrogen-bond acceptors (Lipinski definition) is 10. The number of amides is 3. The van der Waals surface area contributed by atoms with Gasteiger partial charge in [-0.2, -0.15) is 5.10 Å². The number of primary amides is 1. The molecule has 1 aliphatic carbocycles. The van der Waals surface area contributed by atoms with Crippen molar-refractivity contribution in [2.24, 2.45) is 5.73 Å². The number of aromatic carboxylic acids is 1. The van der Waals surface area contributed by atoms with Crippen molar-refractivity contribution in [3.63, 3.8) is 0 Å². The molecule has 1 aliphatic rings. The highest BCUT2D eigenvalue weighted by Gasteiger charge is 2.29. The van der Waals surface area contributed by atoms with Gasteiger partial charge in [-0.15, -0.1) is 0 Å². The number of benzene rings is 2. The molecule has 2 aromatic heterocycles. The summed E-state index contributed by atoms with van der Waals surface area (Å²) in [4.78, 5) is 78.0. The average Bonchev–Trinajstić information content (AvgIpc) is 3.66. The first kappa shape index (κ1) is 29.7. The summed E-state index contributed by atoms with van der Waals surface area (Å²) in [5, 5.41) is 22.0. The Labute approximate surface area is 258 Å². The molecule has 46 heavy (non-hydrogen) atoms. The van der Waals surface area contributed by atoms with Gasteiger partial charge < -0.3 is 32.5 Å². The number of hydrogen-bond donors (Lipinski definition) is 6. The van der Waals surface area contributed by atoms with Crippen LogP contribution >= 0.6 is 0 Å². The highest BCUT2D eigenvalue weighted by molar-refractivity contribution is 6.02. The number of carboxylic acids is 1. The summed E-state index contributed by atoms with van der Waals surface area (Å²) in [5.41, 5.74) is 12.6. The molecule has 0 bridgehead atoms. The lowest BCUT2D eigenvalue weighted by molar-refractivity contribution is 0.0695. The number of nitrogens with zero attached hydrogens (tertiary/aromatic N) is 3. The molecule has 0 aliphatic heterocycles. The van der Waals surface area contributed by atoms with Crippen LogP contribution in [0.1, 0.15) is 76.4 Å². The van der Waals surface area contributed by atoms with Crippen molar-refractivity contribution in [1.82, 2.24) is 25.2 Å². The van der Waals surface area contributed by atoms with Crippen LogP contribution in [0.4, 0.5) is 17.1 Å². The molecule has 0 fully saturated rings. The Bertz CT molecular complexity index is 2200. The van der Waals surface area contributed by atoms with Crippen LogP contribution in [-0.2, 0) is 13.0 Å². The van der Waals surface area contributed by atoms with Gasteiger partial charge in [0.25, 0.3) is 28.6 Å². The zero-order chi connectivity index (χ0) is 32.9. The van der Waals surface area contributed by atoms with Crippen molar-refractivity contribution >= 4 is 46.4 Å². The molecule has 0 saturated carbocycles. The number of aromatic nitrogens is 3. The summed E-state index contributed by atoms with van der Waals surface area (Å²) in [6.07, 6.45) is 2.25. The zero-order valence-electron chi connectivity index (χ0n) is 24.2. The van der Waals surface area contributed by atoms with Crippen molar-refractivity contribution in [3.05, 3.63) is 114 Å². The van der Waals surface area contributed by atoms with Crippen molar-refractivity contribution in [2.75, 3.05) is 11.1 Å². The Morgan fingerprint density at radius 2 is 1.83 bits per heavy atom. The average molecular weight is 623 g/mol. The summed E-state index contributed by atoms with van der Waals surface area (Å²) < 4.78 is 1.13. The first-order chi connectivity index (χ1) is 21.9. The minimum atomic E-state index is -1.03. The molecule has 0 unspecified atom stereocenters. The van der Waals surface area contributed by atoms with Gasteiger partial charge in [-0.1, -0.05) is 18.2 Å². The number of fused-ring (bicyclic) bond motifs is 2. The molecule has 6 rings (SSSR count). The van der Waals surface area contributed by atoms with Gasteiger partial charge >= 0.3 is 5.97 Å². The maximum absolute atomic E-state index is 13.6. The molecular weight excluding hydrogens is 596 g/mol. The van der Waals surface area contributed by atoms with Crippen LogP contribution in [0.15, 0.2) is 58.3 Å². The summed E-state index contributed by atoms with van der Waals surface area (Å²) in [6, 6.07) is 10.7. The van der Waals surface area contributed by atoms with Crippen molar-refractivity contribution in [3.8, 4) is 0 Å².